The van der Waals surface area contributed by atoms with E-state index in [1.165, 1.54) is 29.0 Å². The molecule has 0 saturated heterocycles. The van der Waals surface area contributed by atoms with Crippen LogP contribution in [0, 0.1) is 5.82 Å². The Kier molecular flexibility index (Phi) is 5.46. The minimum Gasteiger partial charge on any atom is -0.364 e. The Hall–Kier alpha value is -3.26. The zero-order chi connectivity index (χ0) is 19.4. The summed E-state index contributed by atoms with van der Waals surface area (Å²) in [5.74, 6) is -1.41. The Balaban J connectivity index is 1.67. The summed E-state index contributed by atoms with van der Waals surface area (Å²) in [4.78, 5) is 23.1. The maximum absolute atomic E-state index is 13.7. The van der Waals surface area contributed by atoms with E-state index in [4.69, 9.17) is 5.73 Å². The summed E-state index contributed by atoms with van der Waals surface area (Å²) in [5, 5.41) is 6.74. The molecule has 27 heavy (non-hydrogen) atoms. The lowest BCUT2D eigenvalue weighted by Gasteiger charge is -2.05. The molecule has 0 aliphatic heterocycles. The zero-order valence-corrected chi connectivity index (χ0v) is 15.5. The minimum absolute atomic E-state index is 0.164. The summed E-state index contributed by atoms with van der Waals surface area (Å²) < 4.78 is 15.9. The van der Waals surface area contributed by atoms with Crippen LogP contribution in [0.3, 0.4) is 0 Å². The van der Waals surface area contributed by atoms with E-state index in [1.807, 2.05) is 0 Å². The highest BCUT2D eigenvalue weighted by atomic mass is 79.9. The van der Waals surface area contributed by atoms with Crippen molar-refractivity contribution in [3.63, 3.8) is 0 Å². The number of nitrogens with zero attached hydrogens (tertiary/aromatic N) is 2. The van der Waals surface area contributed by atoms with Crippen molar-refractivity contribution < 1.29 is 14.0 Å². The van der Waals surface area contributed by atoms with Crippen LogP contribution in [0.25, 0.3) is 11.8 Å². The maximum atomic E-state index is 13.7. The molecule has 0 aliphatic carbocycles. The molecule has 8 heteroatoms. The molecule has 3 rings (SSSR count). The van der Waals surface area contributed by atoms with Gasteiger partial charge in [0.1, 0.15) is 11.5 Å². The summed E-state index contributed by atoms with van der Waals surface area (Å²) in [5.41, 5.74) is 6.91. The van der Waals surface area contributed by atoms with Crippen molar-refractivity contribution in [1.82, 2.24) is 9.78 Å². The topological polar surface area (TPSA) is 90.0 Å². The molecule has 0 radical (unpaired) electrons. The van der Waals surface area contributed by atoms with Crippen LogP contribution in [-0.4, -0.2) is 21.6 Å². The smallest absolute Gasteiger partial charge is 0.269 e. The Bertz CT molecular complexity index is 1030. The van der Waals surface area contributed by atoms with Crippen LogP contribution < -0.4 is 11.1 Å². The van der Waals surface area contributed by atoms with Gasteiger partial charge in [-0.15, -0.1) is 0 Å². The molecular formula is C19H14BrFN4O2. The third-order valence-electron chi connectivity index (χ3n) is 3.61. The Morgan fingerprint density at radius 2 is 1.89 bits per heavy atom. The summed E-state index contributed by atoms with van der Waals surface area (Å²) in [6, 6.07) is 12.8. The Morgan fingerprint density at radius 1 is 1.15 bits per heavy atom. The number of hydrogen-bond donors (Lipinski definition) is 2. The fraction of sp³-hybridized carbons (Fsp3) is 0. The molecule has 1 aromatic heterocycles. The molecule has 136 valence electrons. The highest BCUT2D eigenvalue weighted by Crippen LogP contribution is 2.17. The summed E-state index contributed by atoms with van der Waals surface area (Å²) in [6.45, 7) is 0. The fourth-order valence-electron chi connectivity index (χ4n) is 2.29. The van der Waals surface area contributed by atoms with Crippen LogP contribution in [0.5, 0.6) is 0 Å². The van der Waals surface area contributed by atoms with Crippen LogP contribution in [0.4, 0.5) is 10.1 Å². The first-order valence-electron chi connectivity index (χ1n) is 7.82. The van der Waals surface area contributed by atoms with E-state index in [-0.39, 0.29) is 5.69 Å². The second-order valence-electron chi connectivity index (χ2n) is 5.55. The normalized spacial score (nSPS) is 10.9. The van der Waals surface area contributed by atoms with E-state index in [0.29, 0.717) is 16.9 Å². The third kappa shape index (κ3) is 4.68. The average molecular weight is 429 g/mol. The highest BCUT2D eigenvalue weighted by Gasteiger charge is 2.06. The van der Waals surface area contributed by atoms with E-state index in [0.717, 1.165) is 4.47 Å². The summed E-state index contributed by atoms with van der Waals surface area (Å²) >= 11 is 3.26. The van der Waals surface area contributed by atoms with Crippen molar-refractivity contribution in [3.8, 4) is 5.69 Å². The lowest BCUT2D eigenvalue weighted by Crippen LogP contribution is -2.12. The van der Waals surface area contributed by atoms with Crippen LogP contribution in [-0.2, 0) is 4.79 Å². The first-order chi connectivity index (χ1) is 12.9. The highest BCUT2D eigenvalue weighted by molar-refractivity contribution is 9.10. The Morgan fingerprint density at radius 3 is 2.56 bits per heavy atom. The molecular weight excluding hydrogens is 415 g/mol. The monoisotopic (exact) mass is 428 g/mol. The number of benzene rings is 2. The first kappa shape index (κ1) is 18.5. The molecule has 1 heterocycles. The molecule has 0 atom stereocenters. The molecule has 3 aromatic rings. The van der Waals surface area contributed by atoms with Crippen LogP contribution in [0.15, 0.2) is 65.3 Å². The lowest BCUT2D eigenvalue weighted by molar-refractivity contribution is -0.111. The molecule has 2 aromatic carbocycles. The molecule has 2 amide bonds. The van der Waals surface area contributed by atoms with Gasteiger partial charge in [-0.3, -0.25) is 9.59 Å². The molecule has 0 saturated carbocycles. The number of hydrogen-bond acceptors (Lipinski definition) is 3. The van der Waals surface area contributed by atoms with Crippen molar-refractivity contribution in [3.05, 3.63) is 82.4 Å². The van der Waals surface area contributed by atoms with Gasteiger partial charge in [0.05, 0.1) is 5.69 Å². The van der Waals surface area contributed by atoms with Crippen molar-refractivity contribution in [2.45, 2.75) is 0 Å². The quantitative estimate of drug-likeness (QED) is 0.609. The summed E-state index contributed by atoms with van der Waals surface area (Å²) in [6.07, 6.45) is 4.27. The average Bonchev–Trinajstić information content (AvgIpc) is 3.13. The van der Waals surface area contributed by atoms with E-state index in [9.17, 15) is 14.0 Å². The number of rotatable bonds is 5. The van der Waals surface area contributed by atoms with E-state index in [1.54, 1.807) is 42.6 Å². The van der Waals surface area contributed by atoms with Gasteiger partial charge in [0.2, 0.25) is 5.91 Å². The predicted octanol–water partition coefficient (Wildman–Crippen LogP) is 3.52. The summed E-state index contributed by atoms with van der Waals surface area (Å²) in [7, 11) is 0. The number of primary amides is 1. The molecule has 0 spiro atoms. The van der Waals surface area contributed by atoms with E-state index >= 15 is 0 Å². The number of aromatic nitrogens is 2. The standard InChI is InChI=1S/C19H14BrFN4O2/c20-13-2-7-16(21)12(11-13)1-8-18(26)23-14-3-5-15(6-4-14)25-10-9-17(24-25)19(22)27/h1-11H,(H2,22,27)(H,23,26)/b8-1+. The van der Waals surface area contributed by atoms with Crippen LogP contribution in [0.1, 0.15) is 16.1 Å². The number of anilines is 1. The SMILES string of the molecule is NC(=O)c1ccn(-c2ccc(NC(=O)/C=C/c3cc(Br)ccc3F)cc2)n1. The minimum atomic E-state index is -0.605. The third-order valence-corrected chi connectivity index (χ3v) is 4.11. The van der Waals surface area contributed by atoms with Crippen molar-refractivity contribution in [1.29, 1.82) is 0 Å². The molecule has 0 bridgehead atoms. The van der Waals surface area contributed by atoms with Gasteiger partial charge in [0.15, 0.2) is 0 Å². The molecule has 3 N–H and O–H groups in total. The van der Waals surface area contributed by atoms with Crippen molar-refractivity contribution in [2.24, 2.45) is 5.73 Å². The number of nitrogens with two attached hydrogens (primary N) is 1. The maximum Gasteiger partial charge on any atom is 0.269 e. The second-order valence-corrected chi connectivity index (χ2v) is 6.46. The van der Waals surface area contributed by atoms with Gasteiger partial charge in [-0.2, -0.15) is 5.10 Å². The van der Waals surface area contributed by atoms with Gasteiger partial charge in [-0.05, 0) is 54.6 Å². The van der Waals surface area contributed by atoms with E-state index < -0.39 is 17.6 Å². The number of nitrogens with one attached hydrogen (secondary N) is 1. The second kappa shape index (κ2) is 7.96. The van der Waals surface area contributed by atoms with Gasteiger partial charge in [-0.25, -0.2) is 9.07 Å². The lowest BCUT2D eigenvalue weighted by atomic mass is 10.2. The molecule has 0 fully saturated rings. The van der Waals surface area contributed by atoms with Gasteiger partial charge in [0.25, 0.3) is 5.91 Å². The van der Waals surface area contributed by atoms with Gasteiger partial charge in [0, 0.05) is 28.0 Å². The van der Waals surface area contributed by atoms with Crippen LogP contribution in [0.2, 0.25) is 0 Å². The Labute approximate surface area is 162 Å². The number of halogens is 2. The number of amides is 2. The molecule has 0 unspecified atom stereocenters. The van der Waals surface area contributed by atoms with Crippen LogP contribution >= 0.6 is 15.9 Å². The van der Waals surface area contributed by atoms with Crippen molar-refractivity contribution in [2.75, 3.05) is 5.32 Å². The van der Waals surface area contributed by atoms with Crippen molar-refractivity contribution >= 4 is 39.5 Å². The molecule has 6 nitrogen and oxygen atoms in total. The van der Waals surface area contributed by atoms with E-state index in [2.05, 4.69) is 26.3 Å². The zero-order valence-electron chi connectivity index (χ0n) is 13.9. The number of carbonyl (C=O) groups is 2. The van der Waals surface area contributed by atoms with Gasteiger partial charge in [-0.1, -0.05) is 15.9 Å². The van der Waals surface area contributed by atoms with Gasteiger partial charge < -0.3 is 11.1 Å². The predicted molar refractivity (Wildman–Crippen MR) is 104 cm³/mol. The largest absolute Gasteiger partial charge is 0.364 e. The first-order valence-corrected chi connectivity index (χ1v) is 8.62. The molecule has 0 aliphatic rings. The number of carbonyl (C=O) groups excluding carboxylic acids is 2. The van der Waals surface area contributed by atoms with Gasteiger partial charge >= 0.3 is 0 Å². The fourth-order valence-corrected chi connectivity index (χ4v) is 2.67.